The molecule has 0 aromatic carbocycles. The Balaban J connectivity index is 1.88. The number of rotatable bonds is 4. The van der Waals surface area contributed by atoms with Crippen molar-refractivity contribution in [3.63, 3.8) is 0 Å². The van der Waals surface area contributed by atoms with Gasteiger partial charge in [0.25, 0.3) is 0 Å². The van der Waals surface area contributed by atoms with E-state index in [9.17, 15) is 4.39 Å². The lowest BCUT2D eigenvalue weighted by Gasteiger charge is -2.09. The average Bonchev–Trinajstić information content (AvgIpc) is 3.21. The highest BCUT2D eigenvalue weighted by Crippen LogP contribution is 2.39. The second-order valence-electron chi connectivity index (χ2n) is 4.87. The van der Waals surface area contributed by atoms with Crippen LogP contribution in [-0.2, 0) is 0 Å². The van der Waals surface area contributed by atoms with Gasteiger partial charge in [-0.2, -0.15) is 4.39 Å². The Bertz CT molecular complexity index is 641. The first-order valence-electron chi connectivity index (χ1n) is 6.41. The minimum Gasteiger partial charge on any atom is -0.324 e. The molecule has 2 aromatic rings. The van der Waals surface area contributed by atoms with Gasteiger partial charge in [0.1, 0.15) is 5.82 Å². The standard InChI is InChI=1S/C13H15FN6/c1-7-4-10(8-2-3-8)18-13(16-7)17-9-5-11(14)19-12(6-9)20-15/h4-6,8H,2-3,15H2,1H3,(H2,16,17,18,19,20). The molecule has 0 aliphatic heterocycles. The number of anilines is 3. The summed E-state index contributed by atoms with van der Waals surface area (Å²) in [6.45, 7) is 1.92. The van der Waals surface area contributed by atoms with E-state index in [4.69, 9.17) is 5.84 Å². The number of nitrogen functional groups attached to an aromatic ring is 1. The number of aromatic nitrogens is 3. The molecule has 2 heterocycles. The lowest BCUT2D eigenvalue weighted by Crippen LogP contribution is -2.10. The highest BCUT2D eigenvalue weighted by atomic mass is 19.1. The van der Waals surface area contributed by atoms with Crippen LogP contribution in [0.3, 0.4) is 0 Å². The Morgan fingerprint density at radius 3 is 2.70 bits per heavy atom. The van der Waals surface area contributed by atoms with Crippen molar-refractivity contribution in [2.24, 2.45) is 5.84 Å². The molecule has 3 rings (SSSR count). The summed E-state index contributed by atoms with van der Waals surface area (Å²) >= 11 is 0. The Morgan fingerprint density at radius 2 is 2.00 bits per heavy atom. The molecule has 20 heavy (non-hydrogen) atoms. The van der Waals surface area contributed by atoms with Crippen molar-refractivity contribution in [2.45, 2.75) is 25.7 Å². The summed E-state index contributed by atoms with van der Waals surface area (Å²) in [6, 6.07) is 4.84. The quantitative estimate of drug-likeness (QED) is 0.450. The van der Waals surface area contributed by atoms with Crippen molar-refractivity contribution in [1.29, 1.82) is 0 Å². The fraction of sp³-hybridized carbons (Fsp3) is 0.308. The van der Waals surface area contributed by atoms with Crippen LogP contribution in [0.2, 0.25) is 0 Å². The van der Waals surface area contributed by atoms with Gasteiger partial charge in [-0.05, 0) is 25.8 Å². The average molecular weight is 274 g/mol. The van der Waals surface area contributed by atoms with E-state index in [0.29, 0.717) is 17.6 Å². The molecular weight excluding hydrogens is 259 g/mol. The molecule has 1 aliphatic carbocycles. The van der Waals surface area contributed by atoms with E-state index in [2.05, 4.69) is 25.7 Å². The summed E-state index contributed by atoms with van der Waals surface area (Å²) in [4.78, 5) is 12.4. The Hall–Kier alpha value is -2.28. The lowest BCUT2D eigenvalue weighted by molar-refractivity contribution is 0.586. The number of hydrogen-bond acceptors (Lipinski definition) is 6. The van der Waals surface area contributed by atoms with E-state index in [1.165, 1.54) is 18.9 Å². The summed E-state index contributed by atoms with van der Waals surface area (Å²) in [6.07, 6.45) is 2.34. The molecule has 0 radical (unpaired) electrons. The Morgan fingerprint density at radius 1 is 1.20 bits per heavy atom. The molecule has 7 heteroatoms. The monoisotopic (exact) mass is 274 g/mol. The van der Waals surface area contributed by atoms with Crippen LogP contribution < -0.4 is 16.6 Å². The third-order valence-electron chi connectivity index (χ3n) is 3.07. The highest BCUT2D eigenvalue weighted by molar-refractivity contribution is 5.58. The topological polar surface area (TPSA) is 88.8 Å². The molecule has 0 saturated heterocycles. The van der Waals surface area contributed by atoms with E-state index >= 15 is 0 Å². The van der Waals surface area contributed by atoms with E-state index in [1.54, 1.807) is 6.07 Å². The third-order valence-corrected chi connectivity index (χ3v) is 3.07. The van der Waals surface area contributed by atoms with Crippen LogP contribution in [0.1, 0.15) is 30.1 Å². The van der Waals surface area contributed by atoms with E-state index in [1.807, 2.05) is 13.0 Å². The normalized spacial score (nSPS) is 14.2. The molecule has 1 saturated carbocycles. The van der Waals surface area contributed by atoms with E-state index in [0.717, 1.165) is 11.4 Å². The number of pyridine rings is 1. The molecule has 4 N–H and O–H groups in total. The van der Waals surface area contributed by atoms with Gasteiger partial charge in [-0.1, -0.05) is 0 Å². The van der Waals surface area contributed by atoms with Crippen LogP contribution in [0.5, 0.6) is 0 Å². The SMILES string of the molecule is Cc1cc(C2CC2)nc(Nc2cc(F)nc(NN)c2)n1. The van der Waals surface area contributed by atoms with Gasteiger partial charge in [0.2, 0.25) is 11.9 Å². The molecule has 1 aliphatic rings. The van der Waals surface area contributed by atoms with Gasteiger partial charge in [-0.15, -0.1) is 0 Å². The number of hydrazine groups is 1. The van der Waals surface area contributed by atoms with Gasteiger partial charge >= 0.3 is 0 Å². The first kappa shape index (κ1) is 12.7. The fourth-order valence-electron chi connectivity index (χ4n) is 2.01. The minimum absolute atomic E-state index is 0.238. The van der Waals surface area contributed by atoms with Crippen LogP contribution in [0.4, 0.5) is 21.8 Å². The lowest BCUT2D eigenvalue weighted by atomic mass is 10.2. The Labute approximate surface area is 115 Å². The molecular formula is C13H15FN6. The molecule has 0 bridgehead atoms. The summed E-state index contributed by atoms with van der Waals surface area (Å²) in [5, 5.41) is 2.99. The smallest absolute Gasteiger partial charge is 0.227 e. The largest absolute Gasteiger partial charge is 0.324 e. The first-order chi connectivity index (χ1) is 9.64. The zero-order valence-electron chi connectivity index (χ0n) is 11.0. The zero-order chi connectivity index (χ0) is 14.1. The van der Waals surface area contributed by atoms with E-state index in [-0.39, 0.29) is 5.82 Å². The van der Waals surface area contributed by atoms with Crippen LogP contribution in [0, 0.1) is 12.9 Å². The number of nitrogens with zero attached hydrogens (tertiary/aromatic N) is 3. The number of nitrogens with two attached hydrogens (primary N) is 1. The van der Waals surface area contributed by atoms with Crippen LogP contribution in [-0.4, -0.2) is 15.0 Å². The second kappa shape index (κ2) is 5.01. The summed E-state index contributed by atoms with van der Waals surface area (Å²) in [7, 11) is 0. The van der Waals surface area contributed by atoms with Crippen molar-refractivity contribution >= 4 is 17.5 Å². The number of nitrogens with one attached hydrogen (secondary N) is 2. The van der Waals surface area contributed by atoms with Crippen LogP contribution >= 0.6 is 0 Å². The Kier molecular flexibility index (Phi) is 3.19. The van der Waals surface area contributed by atoms with Gasteiger partial charge in [-0.25, -0.2) is 20.8 Å². The number of hydrogen-bond donors (Lipinski definition) is 3. The maximum Gasteiger partial charge on any atom is 0.227 e. The van der Waals surface area contributed by atoms with Gasteiger partial charge < -0.3 is 10.7 Å². The maximum absolute atomic E-state index is 13.3. The molecule has 104 valence electrons. The summed E-state index contributed by atoms with van der Waals surface area (Å²) in [5.41, 5.74) is 4.73. The van der Waals surface area contributed by atoms with Crippen molar-refractivity contribution in [2.75, 3.05) is 10.7 Å². The van der Waals surface area contributed by atoms with E-state index < -0.39 is 5.95 Å². The first-order valence-corrected chi connectivity index (χ1v) is 6.41. The predicted octanol–water partition coefficient (Wildman–Crippen LogP) is 2.23. The number of halogens is 1. The zero-order valence-corrected chi connectivity index (χ0v) is 11.0. The molecule has 2 aromatic heterocycles. The number of aryl methyl sites for hydroxylation is 1. The maximum atomic E-state index is 13.3. The molecule has 6 nitrogen and oxygen atoms in total. The van der Waals surface area contributed by atoms with Crippen molar-refractivity contribution in [3.8, 4) is 0 Å². The molecule has 1 fully saturated rings. The van der Waals surface area contributed by atoms with Gasteiger partial charge in [0.15, 0.2) is 0 Å². The van der Waals surface area contributed by atoms with Gasteiger partial charge in [0, 0.05) is 35.1 Å². The summed E-state index contributed by atoms with van der Waals surface area (Å²) < 4.78 is 13.3. The predicted molar refractivity (Wildman–Crippen MR) is 74.0 cm³/mol. The molecule has 0 amide bonds. The van der Waals surface area contributed by atoms with Gasteiger partial charge in [0.05, 0.1) is 0 Å². The molecule has 0 unspecified atom stereocenters. The van der Waals surface area contributed by atoms with Crippen molar-refractivity contribution in [3.05, 3.63) is 35.5 Å². The molecule has 0 spiro atoms. The highest BCUT2D eigenvalue weighted by Gasteiger charge is 2.25. The van der Waals surface area contributed by atoms with Crippen molar-refractivity contribution < 1.29 is 4.39 Å². The van der Waals surface area contributed by atoms with Crippen LogP contribution in [0.15, 0.2) is 18.2 Å². The van der Waals surface area contributed by atoms with Crippen molar-refractivity contribution in [1.82, 2.24) is 15.0 Å². The van der Waals surface area contributed by atoms with Gasteiger partial charge in [-0.3, -0.25) is 0 Å². The minimum atomic E-state index is -0.627. The fourth-order valence-corrected chi connectivity index (χ4v) is 2.01. The summed E-state index contributed by atoms with van der Waals surface area (Å²) in [5.74, 6) is 5.84. The third kappa shape index (κ3) is 2.83. The molecule has 0 atom stereocenters. The van der Waals surface area contributed by atoms with Crippen LogP contribution in [0.25, 0.3) is 0 Å². The second-order valence-corrected chi connectivity index (χ2v) is 4.87.